The van der Waals surface area contributed by atoms with Crippen LogP contribution in [0.4, 0.5) is 0 Å². The molecule has 88 valence electrons. The van der Waals surface area contributed by atoms with Crippen LogP contribution < -0.4 is 5.32 Å². The minimum Gasteiger partial charge on any atom is -0.392 e. The van der Waals surface area contributed by atoms with Gasteiger partial charge < -0.3 is 10.4 Å². The van der Waals surface area contributed by atoms with E-state index in [1.165, 1.54) is 24.8 Å². The fourth-order valence-corrected chi connectivity index (χ4v) is 2.81. The minimum absolute atomic E-state index is 0.112. The smallest absolute Gasteiger partial charge is 0.0682 e. The summed E-state index contributed by atoms with van der Waals surface area (Å²) >= 11 is 3.58. The van der Waals surface area contributed by atoms with E-state index in [0.29, 0.717) is 6.04 Å². The largest absolute Gasteiger partial charge is 0.392 e. The Bertz CT molecular complexity index is 348. The molecule has 1 aromatic rings. The van der Waals surface area contributed by atoms with Crippen LogP contribution >= 0.6 is 15.9 Å². The highest BCUT2D eigenvalue weighted by Gasteiger charge is 2.14. The first-order valence-electron chi connectivity index (χ1n) is 5.91. The Morgan fingerprint density at radius 2 is 2.25 bits per heavy atom. The number of benzene rings is 1. The average molecular weight is 284 g/mol. The molecular weight excluding hydrogens is 266 g/mol. The number of hydrogen-bond donors (Lipinski definition) is 2. The molecule has 1 aliphatic heterocycles. The van der Waals surface area contributed by atoms with Crippen molar-refractivity contribution in [3.63, 3.8) is 0 Å². The third-order valence-electron chi connectivity index (χ3n) is 3.18. The summed E-state index contributed by atoms with van der Waals surface area (Å²) in [6.45, 7) is 1.26. The summed E-state index contributed by atoms with van der Waals surface area (Å²) in [5.74, 6) is 0. The predicted molar refractivity (Wildman–Crippen MR) is 69.4 cm³/mol. The van der Waals surface area contributed by atoms with Crippen molar-refractivity contribution >= 4 is 15.9 Å². The van der Waals surface area contributed by atoms with E-state index in [2.05, 4.69) is 27.3 Å². The fourth-order valence-electron chi connectivity index (χ4n) is 2.22. The number of halogens is 1. The van der Waals surface area contributed by atoms with Crippen molar-refractivity contribution in [3.05, 3.63) is 33.8 Å². The molecule has 0 aliphatic carbocycles. The van der Waals surface area contributed by atoms with Crippen LogP contribution in [-0.4, -0.2) is 17.7 Å². The van der Waals surface area contributed by atoms with Crippen LogP contribution in [0.15, 0.2) is 22.7 Å². The van der Waals surface area contributed by atoms with Gasteiger partial charge in [0, 0.05) is 10.5 Å². The zero-order valence-corrected chi connectivity index (χ0v) is 11.0. The highest BCUT2D eigenvalue weighted by atomic mass is 79.9. The number of aliphatic hydroxyl groups is 1. The summed E-state index contributed by atoms with van der Waals surface area (Å²) in [7, 11) is 0. The van der Waals surface area contributed by atoms with Gasteiger partial charge in [-0.05, 0) is 43.0 Å². The maximum absolute atomic E-state index is 9.04. The zero-order valence-electron chi connectivity index (χ0n) is 9.38. The maximum Gasteiger partial charge on any atom is 0.0682 e. The van der Waals surface area contributed by atoms with Gasteiger partial charge in [0.1, 0.15) is 0 Å². The van der Waals surface area contributed by atoms with E-state index in [9.17, 15) is 0 Å². The molecule has 1 saturated heterocycles. The van der Waals surface area contributed by atoms with Gasteiger partial charge in [-0.15, -0.1) is 0 Å². The molecular formula is C13H18BrNO. The molecule has 0 aromatic heterocycles. The van der Waals surface area contributed by atoms with Crippen molar-refractivity contribution in [3.8, 4) is 0 Å². The highest BCUT2D eigenvalue weighted by molar-refractivity contribution is 9.10. The maximum atomic E-state index is 9.04. The summed E-state index contributed by atoms with van der Waals surface area (Å²) in [4.78, 5) is 0. The van der Waals surface area contributed by atoms with Gasteiger partial charge in [-0.2, -0.15) is 0 Å². The van der Waals surface area contributed by atoms with Crippen LogP contribution in [0.3, 0.4) is 0 Å². The van der Waals surface area contributed by atoms with Crippen LogP contribution in [0.1, 0.15) is 30.4 Å². The van der Waals surface area contributed by atoms with Gasteiger partial charge in [-0.3, -0.25) is 0 Å². The molecule has 1 fully saturated rings. The van der Waals surface area contributed by atoms with Crippen molar-refractivity contribution in [2.24, 2.45) is 0 Å². The molecule has 1 aliphatic rings. The van der Waals surface area contributed by atoms with Gasteiger partial charge in [0.15, 0.2) is 0 Å². The molecule has 0 amide bonds. The van der Waals surface area contributed by atoms with Crippen molar-refractivity contribution < 1.29 is 5.11 Å². The molecule has 1 heterocycles. The van der Waals surface area contributed by atoms with Gasteiger partial charge in [0.05, 0.1) is 6.61 Å². The average Bonchev–Trinajstić information content (AvgIpc) is 2.33. The molecule has 2 nitrogen and oxygen atoms in total. The molecule has 1 atom stereocenters. The lowest BCUT2D eigenvalue weighted by atomic mass is 9.97. The van der Waals surface area contributed by atoms with Crippen molar-refractivity contribution in [1.82, 2.24) is 5.32 Å². The summed E-state index contributed by atoms with van der Waals surface area (Å²) in [5.41, 5.74) is 2.30. The normalized spacial score (nSPS) is 21.0. The van der Waals surface area contributed by atoms with Crippen molar-refractivity contribution in [2.75, 3.05) is 6.54 Å². The Balaban J connectivity index is 2.03. The van der Waals surface area contributed by atoms with E-state index in [1.54, 1.807) is 0 Å². The van der Waals surface area contributed by atoms with Gasteiger partial charge in [0.25, 0.3) is 0 Å². The SMILES string of the molecule is OCc1ccc(CC2CCCCN2)c(Br)c1. The monoisotopic (exact) mass is 283 g/mol. The molecule has 0 bridgehead atoms. The second-order valence-electron chi connectivity index (χ2n) is 4.43. The second kappa shape index (κ2) is 5.80. The lowest BCUT2D eigenvalue weighted by Crippen LogP contribution is -2.35. The molecule has 0 saturated carbocycles. The molecule has 0 radical (unpaired) electrons. The quantitative estimate of drug-likeness (QED) is 0.894. The lowest BCUT2D eigenvalue weighted by Gasteiger charge is -2.24. The number of hydrogen-bond acceptors (Lipinski definition) is 2. The van der Waals surface area contributed by atoms with Crippen LogP contribution in [0.2, 0.25) is 0 Å². The summed E-state index contributed by atoms with van der Waals surface area (Å²) in [6.07, 6.45) is 4.99. The highest BCUT2D eigenvalue weighted by Crippen LogP contribution is 2.22. The first kappa shape index (κ1) is 12.1. The number of aliphatic hydroxyl groups excluding tert-OH is 1. The number of piperidine rings is 1. The van der Waals surface area contributed by atoms with Gasteiger partial charge >= 0.3 is 0 Å². The Hall–Kier alpha value is -0.380. The van der Waals surface area contributed by atoms with Crippen LogP contribution in [0, 0.1) is 0 Å². The van der Waals surface area contributed by atoms with Crippen molar-refractivity contribution in [1.29, 1.82) is 0 Å². The first-order valence-corrected chi connectivity index (χ1v) is 6.70. The van der Waals surface area contributed by atoms with E-state index in [-0.39, 0.29) is 6.61 Å². The molecule has 3 heteroatoms. The third-order valence-corrected chi connectivity index (χ3v) is 3.92. The predicted octanol–water partition coefficient (Wildman–Crippen LogP) is 2.63. The summed E-state index contributed by atoms with van der Waals surface area (Å²) in [5, 5.41) is 12.6. The van der Waals surface area contributed by atoms with Gasteiger partial charge in [-0.25, -0.2) is 0 Å². The van der Waals surface area contributed by atoms with Crippen LogP contribution in [0.25, 0.3) is 0 Å². The number of rotatable bonds is 3. The summed E-state index contributed by atoms with van der Waals surface area (Å²) in [6, 6.07) is 6.75. The van der Waals surface area contributed by atoms with Crippen molar-refractivity contribution in [2.45, 2.75) is 38.3 Å². The van der Waals surface area contributed by atoms with E-state index >= 15 is 0 Å². The van der Waals surface area contributed by atoms with Crippen LogP contribution in [0.5, 0.6) is 0 Å². The molecule has 2 N–H and O–H groups in total. The Labute approximate surface area is 105 Å². The zero-order chi connectivity index (χ0) is 11.4. The molecule has 1 unspecified atom stereocenters. The van der Waals surface area contributed by atoms with E-state index < -0.39 is 0 Å². The van der Waals surface area contributed by atoms with Gasteiger partial charge in [-0.1, -0.05) is 34.5 Å². The second-order valence-corrected chi connectivity index (χ2v) is 5.29. The van der Waals surface area contributed by atoms with E-state index in [0.717, 1.165) is 23.0 Å². The van der Waals surface area contributed by atoms with E-state index in [1.807, 2.05) is 12.1 Å². The molecule has 2 rings (SSSR count). The summed E-state index contributed by atoms with van der Waals surface area (Å²) < 4.78 is 1.12. The first-order chi connectivity index (χ1) is 7.79. The van der Waals surface area contributed by atoms with E-state index in [4.69, 9.17) is 5.11 Å². The number of nitrogens with one attached hydrogen (secondary N) is 1. The topological polar surface area (TPSA) is 32.3 Å². The third kappa shape index (κ3) is 3.06. The molecule has 16 heavy (non-hydrogen) atoms. The molecule has 0 spiro atoms. The molecule has 1 aromatic carbocycles. The Morgan fingerprint density at radius 1 is 1.38 bits per heavy atom. The standard InChI is InChI=1S/C13H18BrNO/c14-13-7-10(9-16)4-5-11(13)8-12-3-1-2-6-15-12/h4-5,7,12,15-16H,1-3,6,8-9H2. The minimum atomic E-state index is 0.112. The Morgan fingerprint density at radius 3 is 2.88 bits per heavy atom. The lowest BCUT2D eigenvalue weighted by molar-refractivity contribution is 0.281. The fraction of sp³-hybridized carbons (Fsp3) is 0.538. The van der Waals surface area contributed by atoms with Gasteiger partial charge in [0.2, 0.25) is 0 Å². The Kier molecular flexibility index (Phi) is 4.38. The van der Waals surface area contributed by atoms with Crippen LogP contribution in [-0.2, 0) is 13.0 Å².